The first-order valence-corrected chi connectivity index (χ1v) is 8.99. The molecular weight excluding hydrogens is 280 g/mol. The maximum Gasteiger partial charge on any atom is 0.361 e. The van der Waals surface area contributed by atoms with Crippen LogP contribution >= 0.6 is 0 Å². The molecule has 0 aromatic carbocycles. The van der Waals surface area contributed by atoms with Gasteiger partial charge in [-0.1, -0.05) is 0 Å². The predicted octanol–water partition coefficient (Wildman–Crippen LogP) is -0.486. The van der Waals surface area contributed by atoms with Gasteiger partial charge in [0.15, 0.2) is 6.54 Å². The lowest BCUT2D eigenvalue weighted by Crippen LogP contribution is -2.78. The van der Waals surface area contributed by atoms with E-state index in [1.165, 1.54) is 37.2 Å². The molecule has 22 heavy (non-hydrogen) atoms. The summed E-state index contributed by atoms with van der Waals surface area (Å²) < 4.78 is 7.51. The number of likely N-dealkylation sites (N-methyl/N-ethyl adjacent to an activating group) is 1. The van der Waals surface area contributed by atoms with Gasteiger partial charge in [0.1, 0.15) is 0 Å². The molecule has 0 aromatic rings. The largest absolute Gasteiger partial charge is 0.462 e. The molecule has 4 aliphatic rings. The number of quaternary nitrogens is 2. The highest BCUT2D eigenvalue weighted by Crippen LogP contribution is 2.42. The second kappa shape index (κ2) is 5.16. The SMILES string of the molecule is CCOC(=O)C[N+]12CCN3CC[N+]4(CC)CCN(CC1)C2C34. The van der Waals surface area contributed by atoms with Crippen LogP contribution in [0.15, 0.2) is 0 Å². The average molecular weight is 310 g/mol. The zero-order chi connectivity index (χ0) is 15.4. The molecule has 4 unspecified atom stereocenters. The second-order valence-electron chi connectivity index (χ2n) is 7.51. The van der Waals surface area contributed by atoms with Crippen LogP contribution in [0.3, 0.4) is 0 Å². The minimum Gasteiger partial charge on any atom is -0.462 e. The van der Waals surface area contributed by atoms with Gasteiger partial charge in [-0.15, -0.1) is 0 Å². The molecule has 6 nitrogen and oxygen atoms in total. The summed E-state index contributed by atoms with van der Waals surface area (Å²) >= 11 is 0. The lowest BCUT2D eigenvalue weighted by molar-refractivity contribution is -1.02. The molecule has 4 aliphatic heterocycles. The van der Waals surface area contributed by atoms with Crippen LogP contribution in [0.5, 0.6) is 0 Å². The summed E-state index contributed by atoms with van der Waals surface area (Å²) in [4.78, 5) is 17.6. The van der Waals surface area contributed by atoms with Crippen molar-refractivity contribution in [2.45, 2.75) is 26.2 Å². The molecule has 0 radical (unpaired) electrons. The van der Waals surface area contributed by atoms with Crippen LogP contribution < -0.4 is 0 Å². The molecule has 0 aromatic heterocycles. The van der Waals surface area contributed by atoms with E-state index in [0.717, 1.165) is 30.7 Å². The zero-order valence-electron chi connectivity index (χ0n) is 14.0. The van der Waals surface area contributed by atoms with Gasteiger partial charge in [0, 0.05) is 0 Å². The Morgan fingerprint density at radius 1 is 0.955 bits per heavy atom. The number of hydrogen-bond acceptors (Lipinski definition) is 4. The quantitative estimate of drug-likeness (QED) is 0.518. The van der Waals surface area contributed by atoms with Gasteiger partial charge in [-0.05, 0) is 13.8 Å². The maximum absolute atomic E-state index is 12.2. The number of ether oxygens (including phenoxy) is 1. The minimum atomic E-state index is -0.00373. The van der Waals surface area contributed by atoms with Crippen molar-refractivity contribution in [2.75, 3.05) is 72.1 Å². The Hall–Kier alpha value is -0.690. The standard InChI is InChI=1S/C16H30N4O2/c1-3-19-9-5-17-7-11-20(13-14(21)22-4-2)12-8-18(6-10-19)16(20)15(17)19/h15-16H,3-13H2,1-2H3/q+2. The number of rotatable bonds is 4. The van der Waals surface area contributed by atoms with E-state index in [-0.39, 0.29) is 5.97 Å². The molecule has 4 rings (SSSR count). The van der Waals surface area contributed by atoms with E-state index in [0.29, 0.717) is 25.5 Å². The molecule has 0 saturated carbocycles. The number of nitrogens with zero attached hydrogens (tertiary/aromatic N) is 4. The van der Waals surface area contributed by atoms with Crippen molar-refractivity contribution in [1.82, 2.24) is 9.80 Å². The summed E-state index contributed by atoms with van der Waals surface area (Å²) in [5, 5.41) is 0. The van der Waals surface area contributed by atoms with Crippen molar-refractivity contribution in [3.63, 3.8) is 0 Å². The third-order valence-electron chi connectivity index (χ3n) is 6.85. The fraction of sp³-hybridized carbons (Fsp3) is 0.938. The van der Waals surface area contributed by atoms with Crippen LogP contribution in [0.1, 0.15) is 13.8 Å². The van der Waals surface area contributed by atoms with E-state index in [1.54, 1.807) is 0 Å². The van der Waals surface area contributed by atoms with E-state index < -0.39 is 0 Å². The first kappa shape index (κ1) is 14.9. The summed E-state index contributed by atoms with van der Waals surface area (Å²) in [6.07, 6.45) is 1.11. The van der Waals surface area contributed by atoms with Gasteiger partial charge in [0.25, 0.3) is 0 Å². The maximum atomic E-state index is 12.2. The van der Waals surface area contributed by atoms with Gasteiger partial charge in [0.2, 0.25) is 12.3 Å². The molecule has 0 N–H and O–H groups in total. The number of esters is 1. The highest BCUT2D eigenvalue weighted by atomic mass is 16.5. The van der Waals surface area contributed by atoms with Crippen LogP contribution in [0.25, 0.3) is 0 Å². The molecule has 0 spiro atoms. The first-order chi connectivity index (χ1) is 10.6. The summed E-state index contributed by atoms with van der Waals surface area (Å²) in [6.45, 7) is 16.1. The molecule has 4 fully saturated rings. The Labute approximate surface area is 133 Å². The van der Waals surface area contributed by atoms with Gasteiger partial charge in [0.05, 0.1) is 65.5 Å². The van der Waals surface area contributed by atoms with E-state index in [4.69, 9.17) is 4.74 Å². The van der Waals surface area contributed by atoms with Crippen molar-refractivity contribution < 1.29 is 18.5 Å². The first-order valence-electron chi connectivity index (χ1n) is 8.99. The van der Waals surface area contributed by atoms with Gasteiger partial charge in [-0.3, -0.25) is 4.48 Å². The predicted molar refractivity (Wildman–Crippen MR) is 82.8 cm³/mol. The summed E-state index contributed by atoms with van der Waals surface area (Å²) in [5.41, 5.74) is 0. The monoisotopic (exact) mass is 310 g/mol. The Kier molecular flexibility index (Phi) is 3.49. The van der Waals surface area contributed by atoms with E-state index >= 15 is 0 Å². The van der Waals surface area contributed by atoms with Crippen LogP contribution in [0, 0.1) is 0 Å². The van der Waals surface area contributed by atoms with Crippen molar-refractivity contribution in [2.24, 2.45) is 0 Å². The van der Waals surface area contributed by atoms with Gasteiger partial charge >= 0.3 is 5.97 Å². The van der Waals surface area contributed by atoms with Crippen molar-refractivity contribution in [3.05, 3.63) is 0 Å². The highest BCUT2D eigenvalue weighted by molar-refractivity contribution is 5.70. The van der Waals surface area contributed by atoms with Crippen LogP contribution in [-0.4, -0.2) is 109 Å². The molecular formula is C16H30N4O2+2. The lowest BCUT2D eigenvalue weighted by atomic mass is 10.1. The highest BCUT2D eigenvalue weighted by Gasteiger charge is 2.67. The molecule has 0 amide bonds. The topological polar surface area (TPSA) is 32.8 Å². The summed E-state index contributed by atoms with van der Waals surface area (Å²) in [5.74, 6) is -0.00373. The lowest BCUT2D eigenvalue weighted by Gasteiger charge is -2.56. The number of hydrogen-bond donors (Lipinski definition) is 0. The van der Waals surface area contributed by atoms with Crippen LogP contribution in [0.2, 0.25) is 0 Å². The number of carbonyl (C=O) groups is 1. The summed E-state index contributed by atoms with van der Waals surface area (Å²) in [7, 11) is 0. The Bertz CT molecular complexity index is 473. The molecule has 4 atom stereocenters. The molecule has 0 bridgehead atoms. The second-order valence-corrected chi connectivity index (χ2v) is 7.51. The van der Waals surface area contributed by atoms with Crippen molar-refractivity contribution >= 4 is 5.97 Å². The van der Waals surface area contributed by atoms with Gasteiger partial charge < -0.3 is 9.22 Å². The fourth-order valence-electron chi connectivity index (χ4n) is 5.67. The fourth-order valence-corrected chi connectivity index (χ4v) is 5.67. The third kappa shape index (κ3) is 1.90. The molecule has 0 aliphatic carbocycles. The smallest absolute Gasteiger partial charge is 0.361 e. The normalized spacial score (nSPS) is 44.1. The third-order valence-corrected chi connectivity index (χ3v) is 6.85. The van der Waals surface area contributed by atoms with E-state index in [2.05, 4.69) is 16.7 Å². The average Bonchev–Trinajstić information content (AvgIpc) is 3.06. The van der Waals surface area contributed by atoms with E-state index in [1.807, 2.05) is 6.92 Å². The number of carbonyl (C=O) groups excluding carboxylic acids is 1. The Balaban J connectivity index is 1.66. The Morgan fingerprint density at radius 3 is 1.95 bits per heavy atom. The van der Waals surface area contributed by atoms with Gasteiger partial charge in [-0.2, -0.15) is 0 Å². The van der Waals surface area contributed by atoms with Crippen LogP contribution in [-0.2, 0) is 9.53 Å². The number of piperazine rings is 2. The Morgan fingerprint density at radius 2 is 1.45 bits per heavy atom. The minimum absolute atomic E-state index is 0.00373. The zero-order valence-corrected chi connectivity index (χ0v) is 14.0. The summed E-state index contributed by atoms with van der Waals surface area (Å²) in [6, 6.07) is 0. The van der Waals surface area contributed by atoms with Crippen molar-refractivity contribution in [1.29, 1.82) is 0 Å². The molecule has 4 heterocycles. The molecule has 4 saturated heterocycles. The van der Waals surface area contributed by atoms with Crippen molar-refractivity contribution in [3.8, 4) is 0 Å². The van der Waals surface area contributed by atoms with Crippen LogP contribution in [0.4, 0.5) is 0 Å². The molecule has 124 valence electrons. The molecule has 6 heteroatoms. The van der Waals surface area contributed by atoms with Gasteiger partial charge in [-0.25, -0.2) is 14.6 Å². The van der Waals surface area contributed by atoms with E-state index in [9.17, 15) is 4.79 Å².